The monoisotopic (exact) mass is 193 g/mol. The Morgan fingerprint density at radius 2 is 2.36 bits per heavy atom. The summed E-state index contributed by atoms with van der Waals surface area (Å²) in [6.07, 6.45) is 0.622. The Labute approximate surface area is 81.8 Å². The summed E-state index contributed by atoms with van der Waals surface area (Å²) in [6, 6.07) is 5.52. The third-order valence-corrected chi connectivity index (χ3v) is 2.22. The highest BCUT2D eigenvalue weighted by atomic mass is 16.5. The van der Waals surface area contributed by atoms with Crippen molar-refractivity contribution >= 4 is 5.71 Å². The zero-order valence-corrected chi connectivity index (χ0v) is 7.86. The first-order valence-electron chi connectivity index (χ1n) is 4.38. The number of fused-ring (bicyclic) bond motifs is 1. The van der Waals surface area contributed by atoms with E-state index in [1.165, 1.54) is 0 Å². The minimum Gasteiger partial charge on any atom is -0.493 e. The van der Waals surface area contributed by atoms with Crippen LogP contribution in [-0.2, 0) is 0 Å². The molecule has 0 radical (unpaired) electrons. The van der Waals surface area contributed by atoms with Gasteiger partial charge in [-0.3, -0.25) is 0 Å². The molecule has 0 saturated heterocycles. The van der Waals surface area contributed by atoms with Gasteiger partial charge in [-0.05, 0) is 12.1 Å². The molecule has 1 aliphatic heterocycles. The van der Waals surface area contributed by atoms with Gasteiger partial charge in [-0.25, -0.2) is 0 Å². The molecule has 74 valence electrons. The predicted octanol–water partition coefficient (Wildman–Crippen LogP) is 1.66. The van der Waals surface area contributed by atoms with E-state index in [9.17, 15) is 0 Å². The molecule has 1 heterocycles. The highest BCUT2D eigenvalue weighted by Gasteiger charge is 2.20. The third-order valence-electron chi connectivity index (χ3n) is 2.22. The fourth-order valence-corrected chi connectivity index (χ4v) is 1.54. The summed E-state index contributed by atoms with van der Waals surface area (Å²) < 4.78 is 10.6. The van der Waals surface area contributed by atoms with Gasteiger partial charge in [-0.1, -0.05) is 11.2 Å². The summed E-state index contributed by atoms with van der Waals surface area (Å²) in [4.78, 5) is 0. The molecule has 1 N–H and O–H groups in total. The van der Waals surface area contributed by atoms with Crippen LogP contribution in [0, 0.1) is 0 Å². The zero-order chi connectivity index (χ0) is 9.97. The molecule has 2 rings (SSSR count). The SMILES string of the molecule is COc1cccc2c1OCC/C2=N/O. The minimum atomic E-state index is 0.521. The van der Waals surface area contributed by atoms with Crippen molar-refractivity contribution in [3.05, 3.63) is 23.8 Å². The number of hydrogen-bond donors (Lipinski definition) is 1. The average Bonchev–Trinajstić information content (AvgIpc) is 2.27. The second kappa shape index (κ2) is 3.57. The molecule has 0 unspecified atom stereocenters. The van der Waals surface area contributed by atoms with E-state index in [1.807, 2.05) is 18.2 Å². The van der Waals surface area contributed by atoms with E-state index in [4.69, 9.17) is 14.7 Å². The minimum absolute atomic E-state index is 0.521. The lowest BCUT2D eigenvalue weighted by molar-refractivity contribution is 0.284. The first-order chi connectivity index (χ1) is 6.86. The Balaban J connectivity index is 2.55. The molecule has 1 aromatic rings. The van der Waals surface area contributed by atoms with E-state index in [1.54, 1.807) is 7.11 Å². The van der Waals surface area contributed by atoms with Crippen LogP contribution in [0.25, 0.3) is 0 Å². The number of para-hydroxylation sites is 1. The van der Waals surface area contributed by atoms with Gasteiger partial charge in [0.1, 0.15) is 0 Å². The number of benzene rings is 1. The maximum absolute atomic E-state index is 8.79. The Morgan fingerprint density at radius 3 is 3.07 bits per heavy atom. The number of ether oxygens (including phenoxy) is 2. The standard InChI is InChI=1S/C10H11NO3/c1-13-9-4-2-3-7-8(11-12)5-6-14-10(7)9/h2-4,12H,5-6H2,1H3/b11-8-. The maximum atomic E-state index is 8.79. The molecule has 4 heteroatoms. The highest BCUT2D eigenvalue weighted by molar-refractivity contribution is 6.04. The van der Waals surface area contributed by atoms with E-state index in [-0.39, 0.29) is 0 Å². The highest BCUT2D eigenvalue weighted by Crippen LogP contribution is 2.34. The van der Waals surface area contributed by atoms with Crippen molar-refractivity contribution in [2.45, 2.75) is 6.42 Å². The van der Waals surface area contributed by atoms with Crippen LogP contribution in [0.4, 0.5) is 0 Å². The molecular formula is C10H11NO3. The van der Waals surface area contributed by atoms with Crippen molar-refractivity contribution in [2.75, 3.05) is 13.7 Å². The molecule has 0 amide bonds. The van der Waals surface area contributed by atoms with Crippen LogP contribution in [0.5, 0.6) is 11.5 Å². The Bertz CT molecular complexity index is 374. The van der Waals surface area contributed by atoms with Gasteiger partial charge in [0, 0.05) is 12.0 Å². The molecule has 0 spiro atoms. The lowest BCUT2D eigenvalue weighted by Crippen LogP contribution is -2.16. The van der Waals surface area contributed by atoms with E-state index < -0.39 is 0 Å². The molecule has 0 bridgehead atoms. The Morgan fingerprint density at radius 1 is 1.50 bits per heavy atom. The average molecular weight is 193 g/mol. The number of hydrogen-bond acceptors (Lipinski definition) is 4. The lowest BCUT2D eigenvalue weighted by Gasteiger charge is -2.19. The number of nitrogens with zero attached hydrogens (tertiary/aromatic N) is 1. The van der Waals surface area contributed by atoms with Crippen molar-refractivity contribution < 1.29 is 14.7 Å². The van der Waals surface area contributed by atoms with Gasteiger partial charge in [-0.2, -0.15) is 0 Å². The number of rotatable bonds is 1. The molecule has 4 nitrogen and oxygen atoms in total. The summed E-state index contributed by atoms with van der Waals surface area (Å²) in [7, 11) is 1.59. The summed E-state index contributed by atoms with van der Waals surface area (Å²) in [6.45, 7) is 0.521. The first-order valence-corrected chi connectivity index (χ1v) is 4.38. The largest absolute Gasteiger partial charge is 0.493 e. The summed E-state index contributed by atoms with van der Waals surface area (Å²) in [5.41, 5.74) is 1.45. The molecule has 0 atom stereocenters. The van der Waals surface area contributed by atoms with Crippen molar-refractivity contribution in [3.63, 3.8) is 0 Å². The molecular weight excluding hydrogens is 182 g/mol. The molecule has 14 heavy (non-hydrogen) atoms. The van der Waals surface area contributed by atoms with Crippen molar-refractivity contribution in [1.82, 2.24) is 0 Å². The Hall–Kier alpha value is -1.71. The van der Waals surface area contributed by atoms with Crippen LogP contribution in [0.2, 0.25) is 0 Å². The molecule has 0 fully saturated rings. The van der Waals surface area contributed by atoms with Crippen LogP contribution in [-0.4, -0.2) is 24.6 Å². The second-order valence-corrected chi connectivity index (χ2v) is 2.98. The van der Waals surface area contributed by atoms with E-state index in [0.717, 1.165) is 5.56 Å². The van der Waals surface area contributed by atoms with E-state index >= 15 is 0 Å². The first kappa shape index (κ1) is 8.87. The molecule has 0 saturated carbocycles. The van der Waals surface area contributed by atoms with Crippen molar-refractivity contribution in [1.29, 1.82) is 0 Å². The van der Waals surface area contributed by atoms with Crippen LogP contribution in [0.15, 0.2) is 23.4 Å². The number of methoxy groups -OCH3 is 1. The van der Waals surface area contributed by atoms with Crippen LogP contribution in [0.3, 0.4) is 0 Å². The van der Waals surface area contributed by atoms with Gasteiger partial charge in [0.05, 0.1) is 19.4 Å². The fourth-order valence-electron chi connectivity index (χ4n) is 1.54. The second-order valence-electron chi connectivity index (χ2n) is 2.98. The number of oxime groups is 1. The smallest absolute Gasteiger partial charge is 0.170 e. The van der Waals surface area contributed by atoms with E-state index in [2.05, 4.69) is 5.16 Å². The zero-order valence-electron chi connectivity index (χ0n) is 7.86. The van der Waals surface area contributed by atoms with Crippen molar-refractivity contribution in [2.24, 2.45) is 5.16 Å². The van der Waals surface area contributed by atoms with Gasteiger partial charge in [0.2, 0.25) is 0 Å². The maximum Gasteiger partial charge on any atom is 0.170 e. The van der Waals surface area contributed by atoms with Gasteiger partial charge in [0.15, 0.2) is 11.5 Å². The molecule has 1 aliphatic rings. The normalized spacial score (nSPS) is 17.4. The topological polar surface area (TPSA) is 51.0 Å². The van der Waals surface area contributed by atoms with Crippen LogP contribution >= 0.6 is 0 Å². The van der Waals surface area contributed by atoms with Gasteiger partial charge in [-0.15, -0.1) is 0 Å². The quantitative estimate of drug-likeness (QED) is 0.545. The lowest BCUT2D eigenvalue weighted by atomic mass is 10.0. The molecule has 1 aromatic carbocycles. The van der Waals surface area contributed by atoms with Gasteiger partial charge < -0.3 is 14.7 Å². The summed E-state index contributed by atoms with van der Waals surface area (Å²) in [5.74, 6) is 1.33. The van der Waals surface area contributed by atoms with Crippen LogP contribution in [0.1, 0.15) is 12.0 Å². The van der Waals surface area contributed by atoms with Crippen LogP contribution < -0.4 is 9.47 Å². The predicted molar refractivity (Wildman–Crippen MR) is 51.4 cm³/mol. The Kier molecular flexibility index (Phi) is 2.26. The van der Waals surface area contributed by atoms with Crippen molar-refractivity contribution in [3.8, 4) is 11.5 Å². The molecule has 0 aliphatic carbocycles. The fraction of sp³-hybridized carbons (Fsp3) is 0.300. The third kappa shape index (κ3) is 1.28. The van der Waals surface area contributed by atoms with Gasteiger partial charge >= 0.3 is 0 Å². The summed E-state index contributed by atoms with van der Waals surface area (Å²) in [5, 5.41) is 12.0. The molecule has 0 aromatic heterocycles. The summed E-state index contributed by atoms with van der Waals surface area (Å²) >= 11 is 0. The van der Waals surface area contributed by atoms with Gasteiger partial charge in [0.25, 0.3) is 0 Å². The van der Waals surface area contributed by atoms with E-state index in [0.29, 0.717) is 30.2 Å².